The van der Waals surface area contributed by atoms with Crippen molar-refractivity contribution in [3.8, 4) is 0 Å². The van der Waals surface area contributed by atoms with Gasteiger partial charge in [0.25, 0.3) is 0 Å². The number of esters is 2. The molecule has 0 amide bonds. The molecular formula is C38H65O9P. The number of ether oxygens (including phenoxy) is 2. The van der Waals surface area contributed by atoms with E-state index in [2.05, 4.69) is 25.3 Å². The van der Waals surface area contributed by atoms with E-state index in [9.17, 15) is 18.9 Å². The monoisotopic (exact) mass is 696 g/mol. The highest BCUT2D eigenvalue weighted by Gasteiger charge is 2.22. The highest BCUT2D eigenvalue weighted by atomic mass is 31.2. The van der Waals surface area contributed by atoms with E-state index in [1.807, 2.05) is 36.5 Å². The predicted molar refractivity (Wildman–Crippen MR) is 193 cm³/mol. The highest BCUT2D eigenvalue weighted by Crippen LogP contribution is 2.36. The van der Waals surface area contributed by atoms with Gasteiger partial charge in [0, 0.05) is 19.3 Å². The first-order valence-corrected chi connectivity index (χ1v) is 19.8. The lowest BCUT2D eigenvalue weighted by Crippen LogP contribution is -2.29. The first-order chi connectivity index (χ1) is 23.0. The van der Waals surface area contributed by atoms with Gasteiger partial charge in [-0.15, -0.1) is 0 Å². The number of phosphoric acid groups is 1. The summed E-state index contributed by atoms with van der Waals surface area (Å²) >= 11 is 0. The van der Waals surface area contributed by atoms with Crippen LogP contribution in [0.4, 0.5) is 0 Å². The topological polar surface area (TPSA) is 136 Å². The van der Waals surface area contributed by atoms with Crippen LogP contribution in [-0.2, 0) is 32.9 Å². The molecule has 0 aromatic carbocycles. The zero-order chi connectivity index (χ0) is 35.7. The maximum absolute atomic E-state index is 12.3. The Labute approximate surface area is 290 Å². The largest absolute Gasteiger partial charge is 0.469 e. The Morgan fingerprint density at radius 2 is 1.25 bits per heavy atom. The van der Waals surface area contributed by atoms with Crippen LogP contribution in [0.2, 0.25) is 0 Å². The molecule has 276 valence electrons. The zero-order valence-corrected chi connectivity index (χ0v) is 30.9. The summed E-state index contributed by atoms with van der Waals surface area (Å²) in [6.07, 6.45) is 32.6. The summed E-state index contributed by atoms with van der Waals surface area (Å²) in [5, 5.41) is 0. The number of carbonyl (C=O) groups excluding carboxylic acids is 3. The van der Waals surface area contributed by atoms with Crippen LogP contribution in [-0.4, -0.2) is 46.8 Å². The van der Waals surface area contributed by atoms with E-state index in [4.69, 9.17) is 19.3 Å². The van der Waals surface area contributed by atoms with Crippen LogP contribution >= 0.6 is 7.82 Å². The second kappa shape index (κ2) is 31.9. The zero-order valence-electron chi connectivity index (χ0n) is 30.0. The second-order valence-corrected chi connectivity index (χ2v) is 14.0. The van der Waals surface area contributed by atoms with E-state index in [-0.39, 0.29) is 25.2 Å². The minimum Gasteiger partial charge on any atom is -0.462 e. The van der Waals surface area contributed by atoms with Crippen molar-refractivity contribution >= 4 is 25.5 Å². The van der Waals surface area contributed by atoms with E-state index in [0.29, 0.717) is 25.7 Å². The summed E-state index contributed by atoms with van der Waals surface area (Å²) in [6, 6.07) is 0. The molecule has 10 heteroatoms. The SMILES string of the molecule is CCCCCC(=O)/C=C/C=C\C/C=C\C/C=C\CCCC(=O)OC[C@H](COP(=O)(O)O)OC(=O)CCCCCCCCCCCC(C)C. The molecule has 0 spiro atoms. The van der Waals surface area contributed by atoms with E-state index in [1.165, 1.54) is 38.5 Å². The summed E-state index contributed by atoms with van der Waals surface area (Å²) < 4.78 is 26.2. The molecule has 0 aromatic rings. The van der Waals surface area contributed by atoms with Gasteiger partial charge in [0.1, 0.15) is 6.61 Å². The number of unbranched alkanes of at least 4 members (excludes halogenated alkanes) is 11. The maximum atomic E-state index is 12.3. The van der Waals surface area contributed by atoms with Gasteiger partial charge in [0.2, 0.25) is 0 Å². The molecule has 0 aliphatic rings. The number of ketones is 1. The van der Waals surface area contributed by atoms with Crippen LogP contribution < -0.4 is 0 Å². The number of rotatable bonds is 32. The molecule has 0 aliphatic carbocycles. The van der Waals surface area contributed by atoms with E-state index in [1.54, 1.807) is 12.2 Å². The number of phosphoric ester groups is 1. The summed E-state index contributed by atoms with van der Waals surface area (Å²) in [6.45, 7) is 5.74. The molecule has 0 radical (unpaired) electrons. The molecule has 0 aliphatic heterocycles. The minimum atomic E-state index is -4.77. The molecule has 0 saturated heterocycles. The Balaban J connectivity index is 4.14. The van der Waals surface area contributed by atoms with Gasteiger partial charge in [-0.2, -0.15) is 0 Å². The van der Waals surface area contributed by atoms with Crippen molar-refractivity contribution in [1.29, 1.82) is 0 Å². The number of hydrogen-bond donors (Lipinski definition) is 2. The number of allylic oxidation sites excluding steroid dienone is 8. The lowest BCUT2D eigenvalue weighted by molar-refractivity contribution is -0.161. The summed E-state index contributed by atoms with van der Waals surface area (Å²) in [5.41, 5.74) is 0. The Kier molecular flexibility index (Phi) is 30.4. The second-order valence-electron chi connectivity index (χ2n) is 12.7. The summed E-state index contributed by atoms with van der Waals surface area (Å²) in [5.74, 6) is -0.0486. The van der Waals surface area contributed by atoms with E-state index < -0.39 is 32.5 Å². The number of carbonyl (C=O) groups is 3. The smallest absolute Gasteiger partial charge is 0.462 e. The van der Waals surface area contributed by atoms with Gasteiger partial charge in [-0.25, -0.2) is 4.57 Å². The van der Waals surface area contributed by atoms with Crippen LogP contribution in [0.1, 0.15) is 149 Å². The third kappa shape index (κ3) is 35.0. The Morgan fingerprint density at radius 1 is 0.667 bits per heavy atom. The van der Waals surface area contributed by atoms with Crippen molar-refractivity contribution in [2.24, 2.45) is 5.92 Å². The van der Waals surface area contributed by atoms with Crippen molar-refractivity contribution in [1.82, 2.24) is 0 Å². The highest BCUT2D eigenvalue weighted by molar-refractivity contribution is 7.46. The van der Waals surface area contributed by atoms with Crippen LogP contribution in [0, 0.1) is 5.92 Å². The van der Waals surface area contributed by atoms with Crippen LogP contribution in [0.15, 0.2) is 48.6 Å². The van der Waals surface area contributed by atoms with Gasteiger partial charge < -0.3 is 19.3 Å². The fraction of sp³-hybridized carbons (Fsp3) is 0.711. The molecule has 48 heavy (non-hydrogen) atoms. The molecular weight excluding hydrogens is 631 g/mol. The predicted octanol–water partition coefficient (Wildman–Crippen LogP) is 9.82. The molecule has 0 aromatic heterocycles. The third-order valence-electron chi connectivity index (χ3n) is 7.50. The van der Waals surface area contributed by atoms with Crippen LogP contribution in [0.5, 0.6) is 0 Å². The molecule has 0 unspecified atom stereocenters. The van der Waals surface area contributed by atoms with Gasteiger partial charge in [0.15, 0.2) is 11.9 Å². The van der Waals surface area contributed by atoms with Gasteiger partial charge >= 0.3 is 19.8 Å². The van der Waals surface area contributed by atoms with Crippen LogP contribution in [0.3, 0.4) is 0 Å². The van der Waals surface area contributed by atoms with Gasteiger partial charge in [-0.05, 0) is 50.5 Å². The van der Waals surface area contributed by atoms with Crippen molar-refractivity contribution in [3.05, 3.63) is 48.6 Å². The first kappa shape index (κ1) is 45.7. The lowest BCUT2D eigenvalue weighted by Gasteiger charge is -2.18. The Bertz CT molecular complexity index is 994. The average Bonchev–Trinajstić information content (AvgIpc) is 3.02. The lowest BCUT2D eigenvalue weighted by atomic mass is 10.0. The summed E-state index contributed by atoms with van der Waals surface area (Å²) in [4.78, 5) is 54.3. The van der Waals surface area contributed by atoms with Crippen molar-refractivity contribution < 1.29 is 42.7 Å². The van der Waals surface area contributed by atoms with Gasteiger partial charge in [0.05, 0.1) is 6.61 Å². The Hall–Kier alpha value is -2.32. The first-order valence-electron chi connectivity index (χ1n) is 18.2. The number of hydrogen-bond acceptors (Lipinski definition) is 7. The molecule has 0 bridgehead atoms. The Morgan fingerprint density at radius 3 is 1.90 bits per heavy atom. The van der Waals surface area contributed by atoms with Crippen molar-refractivity contribution in [3.63, 3.8) is 0 Å². The summed E-state index contributed by atoms with van der Waals surface area (Å²) in [7, 11) is -4.77. The fourth-order valence-electron chi connectivity index (χ4n) is 4.74. The van der Waals surface area contributed by atoms with E-state index >= 15 is 0 Å². The molecule has 0 saturated carbocycles. The molecule has 0 fully saturated rings. The average molecular weight is 697 g/mol. The molecule has 1 atom stereocenters. The van der Waals surface area contributed by atoms with Gasteiger partial charge in [-0.3, -0.25) is 18.9 Å². The molecule has 2 N–H and O–H groups in total. The fourth-order valence-corrected chi connectivity index (χ4v) is 5.10. The van der Waals surface area contributed by atoms with Crippen molar-refractivity contribution in [2.75, 3.05) is 13.2 Å². The van der Waals surface area contributed by atoms with E-state index in [0.717, 1.165) is 57.3 Å². The van der Waals surface area contributed by atoms with Crippen LogP contribution in [0.25, 0.3) is 0 Å². The minimum absolute atomic E-state index is 0.164. The maximum Gasteiger partial charge on any atom is 0.469 e. The third-order valence-corrected chi connectivity index (χ3v) is 7.99. The van der Waals surface area contributed by atoms with Gasteiger partial charge in [-0.1, -0.05) is 134 Å². The molecule has 0 heterocycles. The molecule has 0 rings (SSSR count). The normalized spacial score (nSPS) is 13.0. The quantitative estimate of drug-likeness (QED) is 0.0176. The van der Waals surface area contributed by atoms with Crippen molar-refractivity contribution in [2.45, 2.75) is 155 Å². The molecule has 9 nitrogen and oxygen atoms in total. The standard InChI is InChI=1S/C38H65O9P/c1-4-5-22-28-35(39)29-24-19-15-11-7-6-8-12-16-20-25-30-37(40)45-32-36(33-46-48(42,43)44)47-38(41)31-26-21-17-13-9-10-14-18-23-27-34(2)3/h6-7,12,15-16,19,24,29,34,36H,4-5,8-11,13-14,17-18,20-23,25-28,30-33H2,1-3H3,(H2,42,43,44)/b7-6-,16-12-,19-15-,29-24+/t36-/m1/s1.